The van der Waals surface area contributed by atoms with E-state index < -0.39 is 0 Å². The monoisotopic (exact) mass is 282 g/mol. The molecule has 2 aromatic rings. The minimum absolute atomic E-state index is 0.00354. The molecule has 0 fully saturated rings. The molecule has 0 saturated carbocycles. The lowest BCUT2D eigenvalue weighted by Crippen LogP contribution is -2.16. The van der Waals surface area contributed by atoms with Crippen LogP contribution < -0.4 is 11.1 Å². The summed E-state index contributed by atoms with van der Waals surface area (Å²) in [5.74, 6) is -0.00354. The molecular formula is C18H22N2O. The summed E-state index contributed by atoms with van der Waals surface area (Å²) in [6.07, 6.45) is 2.08. The largest absolute Gasteiger partial charge is 0.398 e. The zero-order chi connectivity index (χ0) is 15.2. The first-order valence-corrected chi connectivity index (χ1v) is 7.27. The van der Waals surface area contributed by atoms with Gasteiger partial charge in [0.15, 0.2) is 5.78 Å². The van der Waals surface area contributed by atoms with Crippen molar-refractivity contribution in [1.29, 1.82) is 0 Å². The normalized spacial score (nSPS) is 11.9. The molecule has 0 amide bonds. The number of ketones is 1. The molecule has 3 heteroatoms. The van der Waals surface area contributed by atoms with Crippen LogP contribution in [-0.2, 0) is 6.42 Å². The average Bonchev–Trinajstić information content (AvgIpc) is 2.46. The highest BCUT2D eigenvalue weighted by atomic mass is 16.1. The van der Waals surface area contributed by atoms with E-state index in [9.17, 15) is 4.79 Å². The molecule has 0 aliphatic carbocycles. The smallest absolute Gasteiger partial charge is 0.161 e. The van der Waals surface area contributed by atoms with Gasteiger partial charge in [0.25, 0.3) is 0 Å². The Morgan fingerprint density at radius 1 is 1.19 bits per heavy atom. The third-order valence-corrected chi connectivity index (χ3v) is 3.55. The van der Waals surface area contributed by atoms with E-state index in [0.717, 1.165) is 18.5 Å². The Labute approximate surface area is 126 Å². The van der Waals surface area contributed by atoms with Crippen molar-refractivity contribution in [1.82, 2.24) is 0 Å². The van der Waals surface area contributed by atoms with E-state index in [-0.39, 0.29) is 5.78 Å². The van der Waals surface area contributed by atoms with Crippen LogP contribution in [0, 0.1) is 0 Å². The number of hydrogen-bond donors (Lipinski definition) is 2. The van der Waals surface area contributed by atoms with Crippen molar-refractivity contribution in [2.45, 2.75) is 32.7 Å². The van der Waals surface area contributed by atoms with Gasteiger partial charge in [-0.3, -0.25) is 4.79 Å². The van der Waals surface area contributed by atoms with Gasteiger partial charge in [-0.15, -0.1) is 0 Å². The van der Waals surface area contributed by atoms with E-state index in [1.165, 1.54) is 12.5 Å². The molecule has 3 nitrogen and oxygen atoms in total. The third kappa shape index (κ3) is 4.35. The van der Waals surface area contributed by atoms with Gasteiger partial charge in [0.1, 0.15) is 0 Å². The summed E-state index contributed by atoms with van der Waals surface area (Å²) < 4.78 is 0. The van der Waals surface area contributed by atoms with Gasteiger partial charge in [0.05, 0.1) is 0 Å². The highest BCUT2D eigenvalue weighted by Gasteiger charge is 2.07. The van der Waals surface area contributed by atoms with Crippen LogP contribution in [0.1, 0.15) is 36.2 Å². The number of anilines is 2. The van der Waals surface area contributed by atoms with Crippen LogP contribution in [0.4, 0.5) is 11.4 Å². The lowest BCUT2D eigenvalue weighted by atomic mass is 10.1. The van der Waals surface area contributed by atoms with E-state index in [1.54, 1.807) is 6.07 Å². The number of hydrogen-bond acceptors (Lipinski definition) is 3. The Kier molecular flexibility index (Phi) is 4.99. The fraction of sp³-hybridized carbons (Fsp3) is 0.278. The second-order valence-corrected chi connectivity index (χ2v) is 5.43. The van der Waals surface area contributed by atoms with Gasteiger partial charge < -0.3 is 11.1 Å². The molecule has 0 saturated heterocycles. The number of Topliss-reactive ketones (excluding diaryl/α,β-unsaturated/α-hetero) is 1. The van der Waals surface area contributed by atoms with Gasteiger partial charge in [-0.1, -0.05) is 30.3 Å². The van der Waals surface area contributed by atoms with Crippen molar-refractivity contribution in [3.05, 3.63) is 59.7 Å². The molecule has 21 heavy (non-hydrogen) atoms. The van der Waals surface area contributed by atoms with E-state index in [1.807, 2.05) is 18.2 Å². The minimum Gasteiger partial charge on any atom is -0.398 e. The second-order valence-electron chi connectivity index (χ2n) is 5.43. The first kappa shape index (κ1) is 15.1. The van der Waals surface area contributed by atoms with Gasteiger partial charge in [0, 0.05) is 23.0 Å². The summed E-state index contributed by atoms with van der Waals surface area (Å²) in [6.45, 7) is 3.68. The Morgan fingerprint density at radius 2 is 1.90 bits per heavy atom. The van der Waals surface area contributed by atoms with Crippen LogP contribution in [0.3, 0.4) is 0 Å². The van der Waals surface area contributed by atoms with E-state index in [0.29, 0.717) is 17.3 Å². The maximum atomic E-state index is 11.4. The number of nitrogen functional groups attached to an aromatic ring is 1. The predicted octanol–water partition coefficient (Wildman–Crippen LogP) is 3.90. The lowest BCUT2D eigenvalue weighted by Gasteiger charge is -2.16. The second kappa shape index (κ2) is 6.93. The first-order chi connectivity index (χ1) is 10.1. The van der Waals surface area contributed by atoms with E-state index in [2.05, 4.69) is 36.5 Å². The standard InChI is InChI=1S/C18H22N2O/c1-13(8-9-15-6-4-3-5-7-15)20-16-10-11-17(14(2)21)18(19)12-16/h3-7,10-13,20H,8-9,19H2,1-2H3. The molecule has 0 heterocycles. The molecule has 0 aromatic heterocycles. The topological polar surface area (TPSA) is 55.1 Å². The summed E-state index contributed by atoms with van der Waals surface area (Å²) in [7, 11) is 0. The molecule has 2 aromatic carbocycles. The van der Waals surface area contributed by atoms with Crippen molar-refractivity contribution in [2.75, 3.05) is 11.1 Å². The number of aryl methyl sites for hydroxylation is 1. The number of nitrogens with one attached hydrogen (secondary N) is 1. The highest BCUT2D eigenvalue weighted by molar-refractivity contribution is 5.99. The number of rotatable bonds is 6. The minimum atomic E-state index is -0.00354. The molecule has 0 aliphatic heterocycles. The van der Waals surface area contributed by atoms with Crippen LogP contribution in [0.5, 0.6) is 0 Å². The van der Waals surface area contributed by atoms with Crippen LogP contribution >= 0.6 is 0 Å². The summed E-state index contributed by atoms with van der Waals surface area (Å²) in [5, 5.41) is 3.43. The molecule has 0 bridgehead atoms. The van der Waals surface area contributed by atoms with Crippen molar-refractivity contribution in [3.8, 4) is 0 Å². The van der Waals surface area contributed by atoms with Crippen molar-refractivity contribution >= 4 is 17.2 Å². The number of carbonyl (C=O) groups is 1. The Morgan fingerprint density at radius 3 is 2.52 bits per heavy atom. The van der Waals surface area contributed by atoms with Gasteiger partial charge in [-0.25, -0.2) is 0 Å². The lowest BCUT2D eigenvalue weighted by molar-refractivity contribution is 0.101. The predicted molar refractivity (Wildman–Crippen MR) is 88.7 cm³/mol. The van der Waals surface area contributed by atoms with Crippen molar-refractivity contribution in [3.63, 3.8) is 0 Å². The summed E-state index contributed by atoms with van der Waals surface area (Å²) in [5.41, 5.74) is 9.32. The highest BCUT2D eigenvalue weighted by Crippen LogP contribution is 2.20. The van der Waals surface area contributed by atoms with Crippen LogP contribution in [0.15, 0.2) is 48.5 Å². The van der Waals surface area contributed by atoms with Crippen LogP contribution in [-0.4, -0.2) is 11.8 Å². The van der Waals surface area contributed by atoms with E-state index >= 15 is 0 Å². The third-order valence-electron chi connectivity index (χ3n) is 3.55. The Bertz CT molecular complexity index is 608. The maximum Gasteiger partial charge on any atom is 0.161 e. The fourth-order valence-corrected chi connectivity index (χ4v) is 2.36. The van der Waals surface area contributed by atoms with Crippen LogP contribution in [0.25, 0.3) is 0 Å². The molecule has 2 rings (SSSR count). The Hall–Kier alpha value is -2.29. The number of carbonyl (C=O) groups excluding carboxylic acids is 1. The van der Waals surface area contributed by atoms with Gasteiger partial charge in [-0.2, -0.15) is 0 Å². The summed E-state index contributed by atoms with van der Waals surface area (Å²) in [4.78, 5) is 11.4. The number of nitrogens with two attached hydrogens (primary N) is 1. The SMILES string of the molecule is CC(=O)c1ccc(NC(C)CCc2ccccc2)cc1N. The first-order valence-electron chi connectivity index (χ1n) is 7.27. The van der Waals surface area contributed by atoms with Gasteiger partial charge >= 0.3 is 0 Å². The zero-order valence-electron chi connectivity index (χ0n) is 12.6. The molecular weight excluding hydrogens is 260 g/mol. The molecule has 110 valence electrons. The Balaban J connectivity index is 1.92. The molecule has 3 N–H and O–H groups in total. The van der Waals surface area contributed by atoms with E-state index in [4.69, 9.17) is 5.73 Å². The van der Waals surface area contributed by atoms with Gasteiger partial charge in [0.2, 0.25) is 0 Å². The number of benzene rings is 2. The van der Waals surface area contributed by atoms with Gasteiger partial charge in [-0.05, 0) is 50.5 Å². The summed E-state index contributed by atoms with van der Waals surface area (Å²) >= 11 is 0. The molecule has 1 atom stereocenters. The molecule has 1 unspecified atom stereocenters. The van der Waals surface area contributed by atoms with Crippen molar-refractivity contribution in [2.24, 2.45) is 0 Å². The summed E-state index contributed by atoms with van der Waals surface area (Å²) in [6, 6.07) is 16.3. The molecule has 0 spiro atoms. The fourth-order valence-electron chi connectivity index (χ4n) is 2.36. The maximum absolute atomic E-state index is 11.4. The molecule has 0 radical (unpaired) electrons. The van der Waals surface area contributed by atoms with Crippen molar-refractivity contribution < 1.29 is 4.79 Å². The zero-order valence-corrected chi connectivity index (χ0v) is 12.6. The quantitative estimate of drug-likeness (QED) is 0.624. The van der Waals surface area contributed by atoms with Crippen LogP contribution in [0.2, 0.25) is 0 Å². The molecule has 0 aliphatic rings. The average molecular weight is 282 g/mol.